The fourth-order valence-corrected chi connectivity index (χ4v) is 6.39. The van der Waals surface area contributed by atoms with Gasteiger partial charge in [0, 0.05) is 26.2 Å². The lowest BCUT2D eigenvalue weighted by Crippen LogP contribution is -2.53. The molecule has 1 amide bonds. The first-order valence-corrected chi connectivity index (χ1v) is 11.4. The second-order valence-electron chi connectivity index (χ2n) is 8.31. The minimum Gasteiger partial charge on any atom is -0.481 e. The zero-order valence-corrected chi connectivity index (χ0v) is 17.4. The van der Waals surface area contributed by atoms with Crippen molar-refractivity contribution in [1.29, 1.82) is 0 Å². The number of piperazine rings is 1. The Labute approximate surface area is 171 Å². The molecule has 3 aliphatic rings. The van der Waals surface area contributed by atoms with Gasteiger partial charge in [-0.05, 0) is 55.4 Å². The van der Waals surface area contributed by atoms with Gasteiger partial charge >= 0.3 is 5.97 Å². The van der Waals surface area contributed by atoms with Gasteiger partial charge in [0.2, 0.25) is 15.9 Å². The van der Waals surface area contributed by atoms with Crippen LogP contribution in [0, 0.1) is 37.5 Å². The van der Waals surface area contributed by atoms with Crippen LogP contribution in [-0.4, -0.2) is 60.8 Å². The van der Waals surface area contributed by atoms with Crippen LogP contribution in [-0.2, 0) is 19.6 Å². The molecule has 29 heavy (non-hydrogen) atoms. The molecule has 1 heterocycles. The fourth-order valence-electron chi connectivity index (χ4n) is 4.88. The summed E-state index contributed by atoms with van der Waals surface area (Å²) in [5.74, 6) is -2.38. The summed E-state index contributed by atoms with van der Waals surface area (Å²) in [7, 11) is -3.61. The van der Waals surface area contributed by atoms with E-state index in [9.17, 15) is 23.1 Å². The molecule has 0 radical (unpaired) electrons. The first-order chi connectivity index (χ1) is 13.7. The Morgan fingerprint density at radius 2 is 1.59 bits per heavy atom. The summed E-state index contributed by atoms with van der Waals surface area (Å²) in [4.78, 5) is 26.7. The van der Waals surface area contributed by atoms with Gasteiger partial charge in [0.1, 0.15) is 0 Å². The van der Waals surface area contributed by atoms with E-state index in [-0.39, 0.29) is 48.8 Å². The molecule has 4 rings (SSSR count). The number of aryl methyl sites for hydroxylation is 2. The van der Waals surface area contributed by atoms with E-state index in [0.29, 0.717) is 6.42 Å². The quantitative estimate of drug-likeness (QED) is 0.751. The maximum atomic E-state index is 13.1. The summed E-state index contributed by atoms with van der Waals surface area (Å²) in [6, 6.07) is 5.10. The zero-order valence-electron chi connectivity index (χ0n) is 16.6. The highest BCUT2D eigenvalue weighted by Crippen LogP contribution is 2.48. The Balaban J connectivity index is 1.45. The molecule has 1 aromatic carbocycles. The van der Waals surface area contributed by atoms with Crippen LogP contribution in [0.25, 0.3) is 0 Å². The molecular weight excluding hydrogens is 392 g/mol. The summed E-state index contributed by atoms with van der Waals surface area (Å²) < 4.78 is 27.3. The van der Waals surface area contributed by atoms with E-state index in [2.05, 4.69) is 0 Å². The molecule has 156 valence electrons. The van der Waals surface area contributed by atoms with Gasteiger partial charge in [0.15, 0.2) is 0 Å². The number of sulfonamides is 1. The normalized spacial score (nSPS) is 29.4. The molecule has 1 aromatic rings. The van der Waals surface area contributed by atoms with Gasteiger partial charge in [0.25, 0.3) is 0 Å². The van der Waals surface area contributed by atoms with Crippen LogP contribution in [0.5, 0.6) is 0 Å². The molecule has 0 unspecified atom stereocenters. The van der Waals surface area contributed by atoms with Crippen molar-refractivity contribution in [2.24, 2.45) is 23.7 Å². The number of carbonyl (C=O) groups excluding carboxylic acids is 1. The average Bonchev–Trinajstić information content (AvgIpc) is 3.31. The number of nitrogens with zero attached hydrogens (tertiary/aromatic N) is 2. The monoisotopic (exact) mass is 418 g/mol. The van der Waals surface area contributed by atoms with Crippen molar-refractivity contribution in [2.75, 3.05) is 26.2 Å². The Kier molecular flexibility index (Phi) is 5.02. The highest BCUT2D eigenvalue weighted by Gasteiger charge is 2.52. The summed E-state index contributed by atoms with van der Waals surface area (Å²) in [5, 5.41) is 9.58. The zero-order chi connectivity index (χ0) is 20.9. The van der Waals surface area contributed by atoms with Crippen molar-refractivity contribution in [3.05, 3.63) is 41.5 Å². The lowest BCUT2D eigenvalue weighted by atomic mass is 9.82. The summed E-state index contributed by atoms with van der Waals surface area (Å²) in [6.07, 6.45) is 4.60. The van der Waals surface area contributed by atoms with Crippen LogP contribution in [0.1, 0.15) is 17.5 Å². The second-order valence-corrected chi connectivity index (χ2v) is 10.3. The molecule has 8 heteroatoms. The molecule has 0 spiro atoms. The van der Waals surface area contributed by atoms with E-state index in [1.807, 2.05) is 26.0 Å². The van der Waals surface area contributed by atoms with Crippen LogP contribution < -0.4 is 0 Å². The van der Waals surface area contributed by atoms with Crippen LogP contribution in [0.3, 0.4) is 0 Å². The lowest BCUT2D eigenvalue weighted by Gasteiger charge is -2.37. The predicted octanol–water partition coefficient (Wildman–Crippen LogP) is 1.66. The van der Waals surface area contributed by atoms with Gasteiger partial charge in [-0.25, -0.2) is 8.42 Å². The van der Waals surface area contributed by atoms with Crippen LogP contribution in [0.15, 0.2) is 35.2 Å². The van der Waals surface area contributed by atoms with Crippen molar-refractivity contribution in [3.8, 4) is 0 Å². The Morgan fingerprint density at radius 1 is 0.966 bits per heavy atom. The lowest BCUT2D eigenvalue weighted by molar-refractivity contribution is -0.151. The molecule has 7 nitrogen and oxygen atoms in total. The van der Waals surface area contributed by atoms with E-state index in [4.69, 9.17) is 0 Å². The number of fused-ring (bicyclic) bond motifs is 2. The minimum absolute atomic E-state index is 0.0223. The van der Waals surface area contributed by atoms with Crippen molar-refractivity contribution >= 4 is 21.9 Å². The van der Waals surface area contributed by atoms with E-state index in [1.165, 1.54) is 4.31 Å². The molecule has 2 aliphatic carbocycles. The highest BCUT2D eigenvalue weighted by molar-refractivity contribution is 7.89. The molecule has 4 atom stereocenters. The van der Waals surface area contributed by atoms with Crippen molar-refractivity contribution in [2.45, 2.75) is 25.2 Å². The molecule has 1 aliphatic heterocycles. The number of hydrogen-bond donors (Lipinski definition) is 1. The number of rotatable bonds is 4. The number of carboxylic acids is 1. The van der Waals surface area contributed by atoms with Crippen LogP contribution in [0.4, 0.5) is 0 Å². The maximum Gasteiger partial charge on any atom is 0.307 e. The number of amides is 1. The Bertz CT molecular complexity index is 979. The van der Waals surface area contributed by atoms with Gasteiger partial charge in [-0.15, -0.1) is 0 Å². The topological polar surface area (TPSA) is 95.0 Å². The predicted molar refractivity (Wildman–Crippen MR) is 107 cm³/mol. The molecule has 2 fully saturated rings. The van der Waals surface area contributed by atoms with Crippen molar-refractivity contribution < 1.29 is 23.1 Å². The summed E-state index contributed by atoms with van der Waals surface area (Å²) in [6.45, 7) is 4.82. The first-order valence-electron chi connectivity index (χ1n) is 9.97. The van der Waals surface area contributed by atoms with E-state index < -0.39 is 27.8 Å². The van der Waals surface area contributed by atoms with Gasteiger partial charge in [0.05, 0.1) is 16.7 Å². The molecule has 1 saturated carbocycles. The second kappa shape index (κ2) is 7.25. The maximum absolute atomic E-state index is 13.1. The number of benzene rings is 1. The van der Waals surface area contributed by atoms with E-state index >= 15 is 0 Å². The SMILES string of the molecule is Cc1ccc(S(=O)(=O)N2CCN(C(=O)[C@H]3[C@@H](C(=O)O)[C@H]4C=C[C@H]3C4)CC2)cc1C. The van der Waals surface area contributed by atoms with Gasteiger partial charge in [-0.1, -0.05) is 18.2 Å². The van der Waals surface area contributed by atoms with Gasteiger partial charge < -0.3 is 10.0 Å². The van der Waals surface area contributed by atoms with Crippen LogP contribution in [0.2, 0.25) is 0 Å². The largest absolute Gasteiger partial charge is 0.481 e. The highest BCUT2D eigenvalue weighted by atomic mass is 32.2. The number of hydrogen-bond acceptors (Lipinski definition) is 4. The van der Waals surface area contributed by atoms with E-state index in [1.54, 1.807) is 23.1 Å². The third-order valence-electron chi connectivity index (χ3n) is 6.70. The molecule has 1 N–H and O–H groups in total. The number of carbonyl (C=O) groups is 2. The fraction of sp³-hybridized carbons (Fsp3) is 0.524. The Hall–Kier alpha value is -2.19. The van der Waals surface area contributed by atoms with Crippen LogP contribution >= 0.6 is 0 Å². The third kappa shape index (κ3) is 3.38. The number of aliphatic carboxylic acids is 1. The standard InChI is InChI=1S/C21H26N2O5S/c1-13-3-6-17(11-14(13)2)29(27,28)23-9-7-22(8-10-23)20(24)18-15-4-5-16(12-15)19(18)21(25)26/h3-6,11,15-16,18-19H,7-10,12H2,1-2H3,(H,25,26)/t15-,16-,18+,19-/m0/s1. The average molecular weight is 419 g/mol. The summed E-state index contributed by atoms with van der Waals surface area (Å²) >= 11 is 0. The first kappa shape index (κ1) is 20.1. The number of carboxylic acid groups (broad SMARTS) is 1. The smallest absolute Gasteiger partial charge is 0.307 e. The molecule has 1 saturated heterocycles. The molecule has 0 aromatic heterocycles. The molecular formula is C21H26N2O5S. The van der Waals surface area contributed by atoms with Crippen molar-refractivity contribution in [1.82, 2.24) is 9.21 Å². The molecule has 2 bridgehead atoms. The number of allylic oxidation sites excluding steroid dienone is 2. The van der Waals surface area contributed by atoms with Gasteiger partial charge in [-0.3, -0.25) is 9.59 Å². The third-order valence-corrected chi connectivity index (χ3v) is 8.59. The summed E-state index contributed by atoms with van der Waals surface area (Å²) in [5.41, 5.74) is 1.95. The van der Waals surface area contributed by atoms with E-state index in [0.717, 1.165) is 11.1 Å². The van der Waals surface area contributed by atoms with Gasteiger partial charge in [-0.2, -0.15) is 4.31 Å². The Morgan fingerprint density at radius 3 is 2.17 bits per heavy atom. The minimum atomic E-state index is -3.61. The van der Waals surface area contributed by atoms with Crippen molar-refractivity contribution in [3.63, 3.8) is 0 Å².